The van der Waals surface area contributed by atoms with Gasteiger partial charge in [0.15, 0.2) is 5.78 Å². The van der Waals surface area contributed by atoms with Gasteiger partial charge in [0.1, 0.15) is 0 Å². The van der Waals surface area contributed by atoms with Crippen molar-refractivity contribution in [3.8, 4) is 0 Å². The van der Waals surface area contributed by atoms with Crippen LogP contribution in [0.3, 0.4) is 0 Å². The van der Waals surface area contributed by atoms with Gasteiger partial charge in [-0.25, -0.2) is 4.79 Å². The Kier molecular flexibility index (Phi) is 5.24. The van der Waals surface area contributed by atoms with Gasteiger partial charge in [0.25, 0.3) is 0 Å². The van der Waals surface area contributed by atoms with E-state index >= 15 is 0 Å². The number of rotatable bonds is 4. The van der Waals surface area contributed by atoms with E-state index in [-0.39, 0.29) is 11.8 Å². The summed E-state index contributed by atoms with van der Waals surface area (Å²) in [7, 11) is 0. The molecule has 4 rings (SSSR count). The molecule has 2 aromatic carbocycles. The first-order chi connectivity index (χ1) is 14.3. The summed E-state index contributed by atoms with van der Waals surface area (Å²) in [6.07, 6.45) is 3.07. The molecule has 5 nitrogen and oxygen atoms in total. The molecule has 0 amide bonds. The van der Waals surface area contributed by atoms with E-state index in [0.717, 1.165) is 16.5 Å². The topological polar surface area (TPSA) is 62.4 Å². The molecule has 1 saturated heterocycles. The quantitative estimate of drug-likeness (QED) is 0.629. The van der Waals surface area contributed by atoms with Crippen LogP contribution in [0.2, 0.25) is 0 Å². The summed E-state index contributed by atoms with van der Waals surface area (Å²) >= 11 is 0. The van der Waals surface area contributed by atoms with E-state index in [0.29, 0.717) is 31.5 Å². The Hall–Kier alpha value is -2.92. The fourth-order valence-electron chi connectivity index (χ4n) is 4.09. The second-order valence-electron chi connectivity index (χ2n) is 9.11. The van der Waals surface area contributed by atoms with Crippen molar-refractivity contribution in [3.63, 3.8) is 0 Å². The van der Waals surface area contributed by atoms with Crippen LogP contribution in [0.25, 0.3) is 10.9 Å². The molecule has 5 heteroatoms. The zero-order valence-corrected chi connectivity index (χ0v) is 17.8. The average molecular weight is 405 g/mol. The van der Waals surface area contributed by atoms with Crippen molar-refractivity contribution in [1.29, 1.82) is 0 Å². The number of benzene rings is 2. The van der Waals surface area contributed by atoms with Gasteiger partial charge in [-0.1, -0.05) is 30.3 Å². The van der Waals surface area contributed by atoms with Crippen molar-refractivity contribution in [2.24, 2.45) is 5.41 Å². The smallest absolute Gasteiger partial charge is 0.330 e. The molecule has 3 aromatic rings. The molecule has 0 aliphatic carbocycles. The van der Waals surface area contributed by atoms with Crippen molar-refractivity contribution < 1.29 is 14.4 Å². The van der Waals surface area contributed by atoms with Crippen LogP contribution < -0.4 is 0 Å². The minimum absolute atomic E-state index is 0.124. The molecule has 0 saturated carbocycles. The maximum absolute atomic E-state index is 13.8. The number of ketones is 1. The fraction of sp³-hybridized carbons (Fsp3) is 0.360. The third kappa shape index (κ3) is 3.77. The average Bonchev–Trinajstić information content (AvgIpc) is 3.22. The zero-order valence-electron chi connectivity index (χ0n) is 17.8. The number of nitrogens with zero attached hydrogens (tertiary/aromatic N) is 1. The van der Waals surface area contributed by atoms with Gasteiger partial charge in [-0.3, -0.25) is 4.79 Å². The molecule has 1 aliphatic heterocycles. The Balaban J connectivity index is 1.63. The van der Waals surface area contributed by atoms with Gasteiger partial charge in [0.05, 0.1) is 10.8 Å². The predicted octanol–water partition coefficient (Wildman–Crippen LogP) is 4.89. The number of fused-ring (bicyclic) bond motifs is 1. The van der Waals surface area contributed by atoms with Gasteiger partial charge in [-0.15, -0.1) is 5.06 Å². The number of piperidine rings is 1. The number of nitrogens with one attached hydrogen (secondary N) is 1. The Morgan fingerprint density at radius 2 is 1.70 bits per heavy atom. The van der Waals surface area contributed by atoms with E-state index in [4.69, 9.17) is 4.84 Å². The molecule has 0 spiro atoms. The lowest BCUT2D eigenvalue weighted by molar-refractivity contribution is -0.206. The molecule has 30 heavy (non-hydrogen) atoms. The van der Waals surface area contributed by atoms with Crippen molar-refractivity contribution in [2.45, 2.75) is 39.0 Å². The second kappa shape index (κ2) is 7.73. The highest BCUT2D eigenvalue weighted by Crippen LogP contribution is 2.39. The van der Waals surface area contributed by atoms with Gasteiger partial charge < -0.3 is 9.82 Å². The highest BCUT2D eigenvalue weighted by Gasteiger charge is 2.44. The molecule has 156 valence electrons. The molecule has 1 N–H and O–H groups in total. The van der Waals surface area contributed by atoms with Crippen molar-refractivity contribution in [2.75, 3.05) is 13.1 Å². The Bertz CT molecular complexity index is 1050. The number of H-pyrrole nitrogens is 1. The first kappa shape index (κ1) is 20.4. The second-order valence-corrected chi connectivity index (χ2v) is 9.11. The number of hydroxylamine groups is 2. The zero-order chi connectivity index (χ0) is 21.4. The predicted molar refractivity (Wildman–Crippen MR) is 117 cm³/mol. The number of carbonyl (C=O) groups is 2. The standard InChI is InChI=1S/C25H28N2O3/c1-24(2,3)23(29)30-27-15-12-25(13-16-27,20-7-5-4-6-8-20)22(28)19-9-10-21-18(17-19)11-14-26-21/h4-11,14,17,26H,12-13,15-16H2,1-3H3. The SMILES string of the molecule is CC(C)(C)C(=O)ON1CCC(C(=O)c2ccc3[nH]ccc3c2)(c2ccccc2)CC1. The van der Waals surface area contributed by atoms with Gasteiger partial charge in [0, 0.05) is 35.8 Å². The number of carbonyl (C=O) groups excluding carboxylic acids is 2. The van der Waals surface area contributed by atoms with Gasteiger partial charge in [-0.2, -0.15) is 0 Å². The van der Waals surface area contributed by atoms with Crippen molar-refractivity contribution >= 4 is 22.7 Å². The summed E-state index contributed by atoms with van der Waals surface area (Å²) in [6.45, 7) is 6.57. The van der Waals surface area contributed by atoms with Crippen LogP contribution in [0.1, 0.15) is 49.5 Å². The van der Waals surface area contributed by atoms with Crippen LogP contribution in [0.4, 0.5) is 0 Å². The molecular formula is C25H28N2O3. The van der Waals surface area contributed by atoms with E-state index in [2.05, 4.69) is 4.98 Å². The largest absolute Gasteiger partial charge is 0.367 e. The van der Waals surface area contributed by atoms with Crippen LogP contribution in [-0.2, 0) is 15.0 Å². The lowest BCUT2D eigenvalue weighted by Crippen LogP contribution is -2.48. The minimum atomic E-state index is -0.629. The number of hydrogen-bond acceptors (Lipinski definition) is 4. The number of aromatic nitrogens is 1. The summed E-state index contributed by atoms with van der Waals surface area (Å²) in [5, 5.41) is 2.73. The molecule has 0 radical (unpaired) electrons. The first-order valence-electron chi connectivity index (χ1n) is 10.4. The van der Waals surface area contributed by atoms with Crippen molar-refractivity contribution in [1.82, 2.24) is 10.0 Å². The first-order valence-corrected chi connectivity index (χ1v) is 10.4. The minimum Gasteiger partial charge on any atom is -0.367 e. The molecular weight excluding hydrogens is 376 g/mol. The lowest BCUT2D eigenvalue weighted by atomic mass is 9.68. The Morgan fingerprint density at radius 3 is 2.37 bits per heavy atom. The monoisotopic (exact) mass is 404 g/mol. The van der Waals surface area contributed by atoms with E-state index in [9.17, 15) is 9.59 Å². The molecule has 1 aromatic heterocycles. The molecule has 2 heterocycles. The van der Waals surface area contributed by atoms with Crippen molar-refractivity contribution in [3.05, 3.63) is 71.9 Å². The lowest BCUT2D eigenvalue weighted by Gasteiger charge is -2.40. The van der Waals surface area contributed by atoms with Gasteiger partial charge in [-0.05, 0) is 63.4 Å². The van der Waals surface area contributed by atoms with Crippen LogP contribution >= 0.6 is 0 Å². The van der Waals surface area contributed by atoms with Crippen LogP contribution in [0.15, 0.2) is 60.8 Å². The van der Waals surface area contributed by atoms with Gasteiger partial charge >= 0.3 is 5.97 Å². The Morgan fingerprint density at radius 1 is 1.00 bits per heavy atom. The summed E-state index contributed by atoms with van der Waals surface area (Å²) < 4.78 is 0. The van der Waals surface area contributed by atoms with E-state index in [1.165, 1.54) is 0 Å². The van der Waals surface area contributed by atoms with E-state index in [1.54, 1.807) is 5.06 Å². The number of hydrogen-bond donors (Lipinski definition) is 1. The maximum Gasteiger partial charge on any atom is 0.330 e. The number of aromatic amines is 1. The van der Waals surface area contributed by atoms with Gasteiger partial charge in [0.2, 0.25) is 0 Å². The summed E-state index contributed by atoms with van der Waals surface area (Å²) in [4.78, 5) is 34.9. The molecule has 0 atom stereocenters. The Labute approximate surface area is 177 Å². The molecule has 0 bridgehead atoms. The third-order valence-electron chi connectivity index (χ3n) is 5.98. The maximum atomic E-state index is 13.8. The molecule has 0 unspecified atom stereocenters. The molecule has 1 fully saturated rings. The normalized spacial score (nSPS) is 17.0. The van der Waals surface area contributed by atoms with Crippen LogP contribution in [-0.4, -0.2) is 34.9 Å². The highest BCUT2D eigenvalue weighted by molar-refractivity contribution is 6.06. The summed E-state index contributed by atoms with van der Waals surface area (Å²) in [5.74, 6) is -0.127. The highest BCUT2D eigenvalue weighted by atomic mass is 16.7. The number of Topliss-reactive ketones (excluding diaryl/α,β-unsaturated/α-hetero) is 1. The summed E-state index contributed by atoms with van der Waals surface area (Å²) in [6, 6.07) is 17.8. The fourth-order valence-corrected chi connectivity index (χ4v) is 4.09. The summed E-state index contributed by atoms with van der Waals surface area (Å²) in [5.41, 5.74) is 1.56. The van der Waals surface area contributed by atoms with E-state index < -0.39 is 10.8 Å². The van der Waals surface area contributed by atoms with E-state index in [1.807, 2.05) is 81.6 Å². The third-order valence-corrected chi connectivity index (χ3v) is 5.98. The molecule has 1 aliphatic rings. The van der Waals surface area contributed by atoms with Crippen LogP contribution in [0, 0.1) is 5.41 Å². The van der Waals surface area contributed by atoms with Crippen LogP contribution in [0.5, 0.6) is 0 Å².